The van der Waals surface area contributed by atoms with Crippen molar-refractivity contribution in [3.8, 4) is 0 Å². The minimum atomic E-state index is 0.378. The van der Waals surface area contributed by atoms with Crippen molar-refractivity contribution in [1.29, 1.82) is 0 Å². The van der Waals surface area contributed by atoms with Crippen molar-refractivity contribution in [2.24, 2.45) is 0 Å². The summed E-state index contributed by atoms with van der Waals surface area (Å²) in [6, 6.07) is 1.55. The molecule has 2 heterocycles. The summed E-state index contributed by atoms with van der Waals surface area (Å²) in [5.74, 6) is 0. The Bertz CT molecular complexity index is 199. The van der Waals surface area contributed by atoms with Gasteiger partial charge < -0.3 is 10.6 Å². The standard InChI is InChI=1S/C8H17N.C6H13N/c1-7(2)5-6-8(3,4)9-7;1-5-3-4-6(2)7-5/h9H,5-6H2,1-4H3;5-7H,3-4H2,1-2H3. The summed E-state index contributed by atoms with van der Waals surface area (Å²) >= 11 is 0. The monoisotopic (exact) mass is 226 g/mol. The van der Waals surface area contributed by atoms with Gasteiger partial charge in [-0.2, -0.15) is 0 Å². The molecule has 0 radical (unpaired) electrons. The number of rotatable bonds is 0. The Morgan fingerprint density at radius 2 is 1.19 bits per heavy atom. The molecular weight excluding hydrogens is 196 g/mol. The maximum atomic E-state index is 3.57. The molecule has 2 heteroatoms. The van der Waals surface area contributed by atoms with E-state index in [1.165, 1.54) is 25.7 Å². The highest BCUT2D eigenvalue weighted by atomic mass is 15.1. The molecule has 0 spiro atoms. The largest absolute Gasteiger partial charge is 0.312 e. The summed E-state index contributed by atoms with van der Waals surface area (Å²) in [6.07, 6.45) is 5.34. The van der Waals surface area contributed by atoms with Crippen molar-refractivity contribution in [3.63, 3.8) is 0 Å². The van der Waals surface area contributed by atoms with E-state index in [1.807, 2.05) is 0 Å². The van der Waals surface area contributed by atoms with Crippen molar-refractivity contribution in [3.05, 3.63) is 0 Å². The summed E-state index contributed by atoms with van der Waals surface area (Å²) in [7, 11) is 0. The zero-order valence-corrected chi connectivity index (χ0v) is 12.0. The molecule has 2 aliphatic rings. The average Bonchev–Trinajstić information content (AvgIpc) is 2.56. The fourth-order valence-electron chi connectivity index (χ4n) is 2.82. The molecule has 2 unspecified atom stereocenters. The number of nitrogens with one attached hydrogen (secondary N) is 2. The van der Waals surface area contributed by atoms with Gasteiger partial charge in [0, 0.05) is 23.2 Å². The molecule has 2 aliphatic heterocycles. The molecule has 0 aromatic carbocycles. The van der Waals surface area contributed by atoms with Crippen LogP contribution in [0.25, 0.3) is 0 Å². The maximum absolute atomic E-state index is 3.57. The minimum Gasteiger partial charge on any atom is -0.312 e. The lowest BCUT2D eigenvalue weighted by Gasteiger charge is -2.24. The molecule has 16 heavy (non-hydrogen) atoms. The van der Waals surface area contributed by atoms with Gasteiger partial charge in [0.25, 0.3) is 0 Å². The Labute approximate surface area is 102 Å². The van der Waals surface area contributed by atoms with Crippen LogP contribution in [0.4, 0.5) is 0 Å². The van der Waals surface area contributed by atoms with Crippen LogP contribution in [0.15, 0.2) is 0 Å². The van der Waals surface area contributed by atoms with Crippen molar-refractivity contribution < 1.29 is 0 Å². The first-order valence-corrected chi connectivity index (χ1v) is 6.76. The van der Waals surface area contributed by atoms with Gasteiger partial charge in [-0.1, -0.05) is 0 Å². The van der Waals surface area contributed by atoms with Crippen LogP contribution in [0.2, 0.25) is 0 Å². The lowest BCUT2D eigenvalue weighted by Crippen LogP contribution is -2.43. The SMILES string of the molecule is CC1(C)CCC(C)(C)N1.CC1CCC(C)N1. The Morgan fingerprint density at radius 1 is 0.812 bits per heavy atom. The van der Waals surface area contributed by atoms with Crippen LogP contribution in [0.5, 0.6) is 0 Å². The van der Waals surface area contributed by atoms with Crippen molar-refractivity contribution in [2.75, 3.05) is 0 Å². The lowest BCUT2D eigenvalue weighted by atomic mass is 10.0. The quantitative estimate of drug-likeness (QED) is 0.663. The van der Waals surface area contributed by atoms with E-state index in [9.17, 15) is 0 Å². The van der Waals surface area contributed by atoms with Crippen LogP contribution < -0.4 is 10.6 Å². The van der Waals surface area contributed by atoms with Gasteiger partial charge in [0.2, 0.25) is 0 Å². The van der Waals surface area contributed by atoms with Gasteiger partial charge >= 0.3 is 0 Å². The Hall–Kier alpha value is -0.0800. The third kappa shape index (κ3) is 4.84. The van der Waals surface area contributed by atoms with Gasteiger partial charge in [0.05, 0.1) is 0 Å². The normalized spacial score (nSPS) is 35.6. The molecule has 2 saturated heterocycles. The molecule has 2 N–H and O–H groups in total. The fourth-order valence-corrected chi connectivity index (χ4v) is 2.82. The maximum Gasteiger partial charge on any atom is 0.0130 e. The van der Waals surface area contributed by atoms with Gasteiger partial charge in [-0.05, 0) is 67.2 Å². The second-order valence-electron chi connectivity index (χ2n) is 6.94. The predicted octanol–water partition coefficient (Wildman–Crippen LogP) is 3.07. The van der Waals surface area contributed by atoms with E-state index in [4.69, 9.17) is 0 Å². The van der Waals surface area contributed by atoms with Crippen molar-refractivity contribution >= 4 is 0 Å². The van der Waals surface area contributed by atoms with E-state index in [0.717, 1.165) is 12.1 Å². The van der Waals surface area contributed by atoms with Gasteiger partial charge in [-0.15, -0.1) is 0 Å². The smallest absolute Gasteiger partial charge is 0.0130 e. The van der Waals surface area contributed by atoms with Crippen LogP contribution in [0, 0.1) is 0 Å². The molecule has 2 rings (SSSR count). The van der Waals surface area contributed by atoms with Crippen LogP contribution in [-0.4, -0.2) is 23.2 Å². The first kappa shape index (κ1) is 14.0. The zero-order valence-electron chi connectivity index (χ0n) is 12.0. The van der Waals surface area contributed by atoms with Gasteiger partial charge in [0.1, 0.15) is 0 Å². The highest BCUT2D eigenvalue weighted by Gasteiger charge is 2.34. The molecule has 0 amide bonds. The fraction of sp³-hybridized carbons (Fsp3) is 1.00. The third-order valence-corrected chi connectivity index (χ3v) is 3.65. The van der Waals surface area contributed by atoms with E-state index < -0.39 is 0 Å². The van der Waals surface area contributed by atoms with Crippen LogP contribution in [-0.2, 0) is 0 Å². The van der Waals surface area contributed by atoms with Gasteiger partial charge in [-0.25, -0.2) is 0 Å². The summed E-state index contributed by atoms with van der Waals surface area (Å²) in [4.78, 5) is 0. The summed E-state index contributed by atoms with van der Waals surface area (Å²) < 4.78 is 0. The van der Waals surface area contributed by atoms with Gasteiger partial charge in [0.15, 0.2) is 0 Å². The van der Waals surface area contributed by atoms with Crippen molar-refractivity contribution in [2.45, 2.75) is 90.4 Å². The second-order valence-corrected chi connectivity index (χ2v) is 6.94. The second kappa shape index (κ2) is 5.05. The van der Waals surface area contributed by atoms with E-state index >= 15 is 0 Å². The first-order valence-electron chi connectivity index (χ1n) is 6.76. The molecule has 0 aromatic rings. The number of hydrogen-bond acceptors (Lipinski definition) is 2. The van der Waals surface area contributed by atoms with E-state index in [-0.39, 0.29) is 0 Å². The Kier molecular flexibility index (Phi) is 4.42. The predicted molar refractivity (Wildman–Crippen MR) is 71.8 cm³/mol. The summed E-state index contributed by atoms with van der Waals surface area (Å²) in [5.41, 5.74) is 0.757. The molecule has 2 fully saturated rings. The highest BCUT2D eigenvalue weighted by molar-refractivity contribution is 4.96. The molecule has 2 nitrogen and oxygen atoms in total. The molecule has 2 atom stereocenters. The molecule has 0 saturated carbocycles. The van der Waals surface area contributed by atoms with E-state index in [2.05, 4.69) is 52.2 Å². The third-order valence-electron chi connectivity index (χ3n) is 3.65. The molecule has 0 aliphatic carbocycles. The van der Waals surface area contributed by atoms with Crippen molar-refractivity contribution in [1.82, 2.24) is 10.6 Å². The average molecular weight is 226 g/mol. The topological polar surface area (TPSA) is 24.1 Å². The summed E-state index contributed by atoms with van der Waals surface area (Å²) in [5, 5.41) is 6.99. The van der Waals surface area contributed by atoms with Crippen LogP contribution >= 0.6 is 0 Å². The van der Waals surface area contributed by atoms with Crippen LogP contribution in [0.1, 0.15) is 67.2 Å². The highest BCUT2D eigenvalue weighted by Crippen LogP contribution is 2.29. The molecule has 96 valence electrons. The minimum absolute atomic E-state index is 0.378. The Morgan fingerprint density at radius 3 is 1.31 bits per heavy atom. The van der Waals surface area contributed by atoms with Crippen LogP contribution in [0.3, 0.4) is 0 Å². The first-order chi connectivity index (χ1) is 7.20. The Balaban J connectivity index is 0.000000165. The molecule has 0 bridgehead atoms. The molecular formula is C14H30N2. The lowest BCUT2D eigenvalue weighted by molar-refractivity contribution is 0.369. The molecule has 0 aromatic heterocycles. The van der Waals surface area contributed by atoms with E-state index in [1.54, 1.807) is 0 Å². The van der Waals surface area contributed by atoms with Gasteiger partial charge in [-0.3, -0.25) is 0 Å². The summed E-state index contributed by atoms with van der Waals surface area (Å²) in [6.45, 7) is 13.5. The number of hydrogen-bond donors (Lipinski definition) is 2. The van der Waals surface area contributed by atoms with E-state index in [0.29, 0.717) is 11.1 Å². The zero-order chi connectivity index (χ0) is 12.4.